The van der Waals surface area contributed by atoms with Crippen molar-refractivity contribution in [3.05, 3.63) is 59.0 Å². The Labute approximate surface area is 115 Å². The van der Waals surface area contributed by atoms with Crippen molar-refractivity contribution < 1.29 is 4.42 Å². The molecule has 1 N–H and O–H groups in total. The first-order chi connectivity index (χ1) is 9.30. The minimum Gasteiger partial charge on any atom is -0.469 e. The second-order valence-electron chi connectivity index (χ2n) is 4.87. The van der Waals surface area contributed by atoms with Crippen molar-refractivity contribution in [3.8, 4) is 0 Å². The van der Waals surface area contributed by atoms with E-state index in [2.05, 4.69) is 49.5 Å². The first-order valence-electron chi connectivity index (χ1n) is 7.12. The number of furan rings is 1. The van der Waals surface area contributed by atoms with Gasteiger partial charge in [-0.1, -0.05) is 44.5 Å². The van der Waals surface area contributed by atoms with Gasteiger partial charge in [0.1, 0.15) is 5.76 Å². The first kappa shape index (κ1) is 13.9. The van der Waals surface area contributed by atoms with Gasteiger partial charge in [0.15, 0.2) is 0 Å². The monoisotopic (exact) mass is 257 g/mol. The molecule has 1 atom stereocenters. The third-order valence-corrected chi connectivity index (χ3v) is 3.55. The second-order valence-corrected chi connectivity index (χ2v) is 4.87. The van der Waals surface area contributed by atoms with Gasteiger partial charge in [0.2, 0.25) is 0 Å². The van der Waals surface area contributed by atoms with Crippen molar-refractivity contribution in [3.63, 3.8) is 0 Å². The molecule has 0 aliphatic rings. The van der Waals surface area contributed by atoms with E-state index in [1.54, 1.807) is 6.26 Å². The van der Waals surface area contributed by atoms with Crippen molar-refractivity contribution >= 4 is 0 Å². The Balaban J connectivity index is 2.26. The molecule has 1 aromatic carbocycles. The second kappa shape index (κ2) is 6.58. The highest BCUT2D eigenvalue weighted by atomic mass is 16.3. The van der Waals surface area contributed by atoms with Gasteiger partial charge in [-0.25, -0.2) is 0 Å². The Morgan fingerprint density at radius 1 is 1.11 bits per heavy atom. The van der Waals surface area contributed by atoms with E-state index in [-0.39, 0.29) is 6.04 Å². The highest BCUT2D eigenvalue weighted by Gasteiger charge is 2.17. The molecule has 0 bridgehead atoms. The maximum Gasteiger partial charge on any atom is 0.108 e. The van der Waals surface area contributed by atoms with E-state index >= 15 is 0 Å². The van der Waals surface area contributed by atoms with Crippen LogP contribution in [0.15, 0.2) is 41.0 Å². The molecular formula is C17H23NO. The molecule has 2 heteroatoms. The van der Waals surface area contributed by atoms with Gasteiger partial charge in [-0.05, 0) is 30.7 Å². The van der Waals surface area contributed by atoms with E-state index < -0.39 is 0 Å². The minimum atomic E-state index is 0.212. The molecule has 19 heavy (non-hydrogen) atoms. The normalized spacial score (nSPS) is 12.6. The Morgan fingerprint density at radius 3 is 2.42 bits per heavy atom. The Morgan fingerprint density at radius 2 is 1.84 bits per heavy atom. The van der Waals surface area contributed by atoms with Gasteiger partial charge < -0.3 is 9.73 Å². The van der Waals surface area contributed by atoms with Crippen LogP contribution in [0.4, 0.5) is 0 Å². The number of nitrogens with one attached hydrogen (secondary N) is 1. The van der Waals surface area contributed by atoms with E-state index in [9.17, 15) is 0 Å². The summed E-state index contributed by atoms with van der Waals surface area (Å²) in [5, 5.41) is 3.39. The number of aryl methyl sites for hydroxylation is 2. The summed E-state index contributed by atoms with van der Waals surface area (Å²) < 4.78 is 5.54. The zero-order valence-corrected chi connectivity index (χ0v) is 12.1. The zero-order chi connectivity index (χ0) is 13.7. The van der Waals surface area contributed by atoms with Crippen LogP contribution in [0.3, 0.4) is 0 Å². The quantitative estimate of drug-likeness (QED) is 0.842. The fourth-order valence-electron chi connectivity index (χ4n) is 2.56. The van der Waals surface area contributed by atoms with Crippen LogP contribution >= 0.6 is 0 Å². The van der Waals surface area contributed by atoms with Gasteiger partial charge in [-0.15, -0.1) is 0 Å². The predicted octanol–water partition coefficient (Wildman–Crippen LogP) is 4.10. The highest BCUT2D eigenvalue weighted by Crippen LogP contribution is 2.26. The smallest absolute Gasteiger partial charge is 0.108 e. The molecule has 0 saturated carbocycles. The van der Waals surface area contributed by atoms with Crippen LogP contribution in [-0.4, -0.2) is 7.05 Å². The van der Waals surface area contributed by atoms with E-state index in [1.165, 1.54) is 23.1 Å². The summed E-state index contributed by atoms with van der Waals surface area (Å²) in [7, 11) is 2.00. The molecule has 0 amide bonds. The van der Waals surface area contributed by atoms with Crippen LogP contribution in [0.1, 0.15) is 48.8 Å². The molecular weight excluding hydrogens is 234 g/mol. The molecule has 2 rings (SSSR count). The molecule has 0 radical (unpaired) electrons. The van der Waals surface area contributed by atoms with E-state index in [1.807, 2.05) is 7.05 Å². The third-order valence-electron chi connectivity index (χ3n) is 3.55. The van der Waals surface area contributed by atoms with Crippen LogP contribution in [0, 0.1) is 0 Å². The first-order valence-corrected chi connectivity index (χ1v) is 7.12. The minimum absolute atomic E-state index is 0.212. The molecule has 1 aromatic heterocycles. The van der Waals surface area contributed by atoms with Crippen LogP contribution < -0.4 is 5.32 Å². The Hall–Kier alpha value is -1.54. The maximum atomic E-state index is 5.54. The lowest BCUT2D eigenvalue weighted by Crippen LogP contribution is -2.18. The van der Waals surface area contributed by atoms with Crippen molar-refractivity contribution in [2.24, 2.45) is 0 Å². The van der Waals surface area contributed by atoms with Crippen molar-refractivity contribution in [1.29, 1.82) is 0 Å². The molecule has 2 nitrogen and oxygen atoms in total. The molecule has 0 saturated heterocycles. The predicted molar refractivity (Wildman–Crippen MR) is 79.4 cm³/mol. The molecule has 0 aliphatic carbocycles. The number of rotatable bonds is 6. The topological polar surface area (TPSA) is 25.2 Å². The SMILES string of the molecule is CCCc1ccc(C(NC)c2ccoc2CC)cc1. The van der Waals surface area contributed by atoms with Crippen molar-refractivity contribution in [2.45, 2.75) is 39.2 Å². The summed E-state index contributed by atoms with van der Waals surface area (Å²) in [4.78, 5) is 0. The van der Waals surface area contributed by atoms with Crippen molar-refractivity contribution in [2.75, 3.05) is 7.05 Å². The van der Waals surface area contributed by atoms with E-state index in [0.717, 1.165) is 18.6 Å². The van der Waals surface area contributed by atoms with Crippen LogP contribution in [-0.2, 0) is 12.8 Å². The van der Waals surface area contributed by atoms with Crippen LogP contribution in [0.2, 0.25) is 0 Å². The van der Waals surface area contributed by atoms with Crippen molar-refractivity contribution in [1.82, 2.24) is 5.32 Å². The maximum absolute atomic E-state index is 5.54. The molecule has 1 heterocycles. The van der Waals surface area contributed by atoms with Crippen LogP contribution in [0.5, 0.6) is 0 Å². The fourth-order valence-corrected chi connectivity index (χ4v) is 2.56. The zero-order valence-electron chi connectivity index (χ0n) is 12.1. The summed E-state index contributed by atoms with van der Waals surface area (Å²) in [6.45, 7) is 4.34. The number of hydrogen-bond donors (Lipinski definition) is 1. The number of hydrogen-bond acceptors (Lipinski definition) is 2. The summed E-state index contributed by atoms with van der Waals surface area (Å²) >= 11 is 0. The lowest BCUT2D eigenvalue weighted by Gasteiger charge is -2.17. The van der Waals surface area contributed by atoms with Gasteiger partial charge in [0.25, 0.3) is 0 Å². The summed E-state index contributed by atoms with van der Waals surface area (Å²) in [6.07, 6.45) is 5.05. The molecule has 0 aliphatic heterocycles. The number of benzene rings is 1. The highest BCUT2D eigenvalue weighted by molar-refractivity contribution is 5.35. The summed E-state index contributed by atoms with van der Waals surface area (Å²) in [5.74, 6) is 1.07. The summed E-state index contributed by atoms with van der Waals surface area (Å²) in [6, 6.07) is 11.2. The van der Waals surface area contributed by atoms with Gasteiger partial charge in [-0.3, -0.25) is 0 Å². The summed E-state index contributed by atoms with van der Waals surface area (Å²) in [5.41, 5.74) is 3.94. The van der Waals surface area contributed by atoms with Gasteiger partial charge in [0.05, 0.1) is 12.3 Å². The third kappa shape index (κ3) is 3.07. The molecule has 0 fully saturated rings. The largest absolute Gasteiger partial charge is 0.469 e. The standard InChI is InChI=1S/C17H23NO/c1-4-6-13-7-9-14(10-8-13)17(18-3)15-11-12-19-16(15)5-2/h7-12,17-18H,4-6H2,1-3H3. The molecule has 102 valence electrons. The fraction of sp³-hybridized carbons (Fsp3) is 0.412. The lowest BCUT2D eigenvalue weighted by atomic mass is 9.97. The Bertz CT molecular complexity index is 498. The average molecular weight is 257 g/mol. The van der Waals surface area contributed by atoms with Crippen LogP contribution in [0.25, 0.3) is 0 Å². The lowest BCUT2D eigenvalue weighted by molar-refractivity contribution is 0.505. The average Bonchev–Trinajstić information content (AvgIpc) is 2.90. The van der Waals surface area contributed by atoms with Gasteiger partial charge >= 0.3 is 0 Å². The van der Waals surface area contributed by atoms with Gasteiger partial charge in [0, 0.05) is 12.0 Å². The van der Waals surface area contributed by atoms with Gasteiger partial charge in [-0.2, -0.15) is 0 Å². The van der Waals surface area contributed by atoms with E-state index in [0.29, 0.717) is 0 Å². The molecule has 2 aromatic rings. The molecule has 1 unspecified atom stereocenters. The Kier molecular flexibility index (Phi) is 4.80. The van der Waals surface area contributed by atoms with E-state index in [4.69, 9.17) is 4.42 Å². The molecule has 0 spiro atoms.